The van der Waals surface area contributed by atoms with E-state index in [1.165, 1.54) is 18.4 Å². The highest BCUT2D eigenvalue weighted by Crippen LogP contribution is 2.24. The molecule has 192 valence electrons. The van der Waals surface area contributed by atoms with E-state index in [2.05, 4.69) is 25.8 Å². The van der Waals surface area contributed by atoms with Crippen LogP contribution in [0, 0.1) is 6.92 Å². The second kappa shape index (κ2) is 12.1. The molecule has 1 aromatic carbocycles. The number of hydrogen-bond acceptors (Lipinski definition) is 12. The molecular weight excluding hydrogens is 482 g/mol. The summed E-state index contributed by atoms with van der Waals surface area (Å²) in [7, 11) is 1.37. The number of nitrogens with one attached hydrogen (secondary N) is 3. The first kappa shape index (κ1) is 25.7. The molecule has 1 atom stereocenters. The number of aromatic nitrogens is 1. The Balaban J connectivity index is 1.48. The number of thiazole rings is 1. The van der Waals surface area contributed by atoms with E-state index in [1.54, 1.807) is 26.0 Å². The summed E-state index contributed by atoms with van der Waals surface area (Å²) in [6, 6.07) is 7.29. The monoisotopic (exact) mass is 513 g/mol. The first-order valence-corrected chi connectivity index (χ1v) is 12.7. The summed E-state index contributed by atoms with van der Waals surface area (Å²) in [6.45, 7) is 7.98. The van der Waals surface area contributed by atoms with Crippen molar-refractivity contribution in [3.05, 3.63) is 46.0 Å². The van der Waals surface area contributed by atoms with Gasteiger partial charge in [0.2, 0.25) is 5.96 Å². The summed E-state index contributed by atoms with van der Waals surface area (Å²) >= 11 is 1.23. The Kier molecular flexibility index (Phi) is 8.62. The molecule has 11 nitrogen and oxygen atoms in total. The molecule has 2 aromatic rings. The number of piperazine rings is 1. The van der Waals surface area contributed by atoms with Gasteiger partial charge in [-0.3, -0.25) is 5.32 Å². The molecule has 3 heterocycles. The van der Waals surface area contributed by atoms with E-state index in [0.29, 0.717) is 46.8 Å². The van der Waals surface area contributed by atoms with Crippen molar-refractivity contribution in [1.82, 2.24) is 20.5 Å². The quantitative estimate of drug-likeness (QED) is 0.476. The summed E-state index contributed by atoms with van der Waals surface area (Å²) in [5, 5.41) is 10.6. The van der Waals surface area contributed by atoms with E-state index < -0.39 is 0 Å². The van der Waals surface area contributed by atoms with Crippen molar-refractivity contribution in [2.24, 2.45) is 9.98 Å². The van der Waals surface area contributed by atoms with Crippen LogP contribution >= 0.6 is 11.3 Å². The van der Waals surface area contributed by atoms with Crippen molar-refractivity contribution in [2.75, 3.05) is 45.2 Å². The van der Waals surface area contributed by atoms with E-state index in [1.807, 2.05) is 12.1 Å². The van der Waals surface area contributed by atoms with Crippen LogP contribution in [0.2, 0.25) is 0 Å². The number of carbonyl (C=O) groups is 2. The fraction of sp³-hybridized carbons (Fsp3) is 0.458. The van der Waals surface area contributed by atoms with Gasteiger partial charge in [0.1, 0.15) is 16.9 Å². The summed E-state index contributed by atoms with van der Waals surface area (Å²) < 4.78 is 9.89. The number of aliphatic imine (C=N–C) groups is 2. The van der Waals surface area contributed by atoms with E-state index >= 15 is 0 Å². The molecule has 2 aliphatic heterocycles. The fourth-order valence-electron chi connectivity index (χ4n) is 3.91. The van der Waals surface area contributed by atoms with Crippen molar-refractivity contribution in [3.63, 3.8) is 0 Å². The molecule has 36 heavy (non-hydrogen) atoms. The Bertz CT molecular complexity index is 1140. The number of nitrogens with zero attached hydrogens (tertiary/aromatic N) is 4. The van der Waals surface area contributed by atoms with Gasteiger partial charge in [-0.15, -0.1) is 0 Å². The maximum Gasteiger partial charge on any atom is 0.350 e. The molecule has 0 saturated carbocycles. The molecule has 1 fully saturated rings. The van der Waals surface area contributed by atoms with Gasteiger partial charge in [0.05, 0.1) is 25.0 Å². The summed E-state index contributed by atoms with van der Waals surface area (Å²) in [4.78, 5) is 40.6. The van der Waals surface area contributed by atoms with E-state index in [4.69, 9.17) is 19.5 Å². The standard InChI is InChI=1S/C24H31N7O4S/c1-4-35-22(33)20-15(2)27-24(36-20)30-23-28-18(13-19(29-23)31-11-9-25-10-12-31)26-14-16-5-7-17(8-6-16)21(32)34-3/h5-8,18,25-26H,4,9-14H2,1-3H3,(H,27,28,30). The number of ether oxygens (including phenoxy) is 2. The Morgan fingerprint density at radius 3 is 2.64 bits per heavy atom. The average molecular weight is 514 g/mol. The SMILES string of the molecule is CCOC(=O)c1sc(NC2=NC(NCc3ccc(C(=O)OC)cc3)CC(N3CCNCC3)=N2)nc1C. The summed E-state index contributed by atoms with van der Waals surface area (Å²) in [5.74, 6) is 0.653. The summed E-state index contributed by atoms with van der Waals surface area (Å²) in [5.41, 5.74) is 2.14. The molecule has 1 unspecified atom stereocenters. The lowest BCUT2D eigenvalue weighted by molar-refractivity contribution is 0.0529. The van der Waals surface area contributed by atoms with Gasteiger partial charge in [-0.1, -0.05) is 23.5 Å². The number of benzene rings is 1. The van der Waals surface area contributed by atoms with Gasteiger partial charge >= 0.3 is 11.9 Å². The largest absolute Gasteiger partial charge is 0.465 e. The Morgan fingerprint density at radius 2 is 1.94 bits per heavy atom. The average Bonchev–Trinajstić information content (AvgIpc) is 3.27. The third-order valence-corrected chi connectivity index (χ3v) is 6.82. The van der Waals surface area contributed by atoms with Crippen LogP contribution in [0.15, 0.2) is 34.3 Å². The van der Waals surface area contributed by atoms with Crippen LogP contribution in [0.4, 0.5) is 5.13 Å². The molecular formula is C24H31N7O4S. The van der Waals surface area contributed by atoms with Gasteiger partial charge in [-0.2, -0.15) is 4.99 Å². The number of amidine groups is 1. The minimum atomic E-state index is -0.381. The van der Waals surface area contributed by atoms with Gasteiger partial charge in [-0.05, 0) is 31.5 Å². The van der Waals surface area contributed by atoms with Crippen LogP contribution in [0.25, 0.3) is 0 Å². The predicted molar refractivity (Wildman–Crippen MR) is 139 cm³/mol. The molecule has 1 aromatic heterocycles. The molecule has 1 saturated heterocycles. The fourth-order valence-corrected chi connectivity index (χ4v) is 4.76. The number of carbonyl (C=O) groups excluding carboxylic acids is 2. The minimum absolute atomic E-state index is 0.208. The van der Waals surface area contributed by atoms with Crippen LogP contribution in [-0.4, -0.2) is 79.7 Å². The lowest BCUT2D eigenvalue weighted by atomic mass is 10.1. The molecule has 2 aliphatic rings. The highest BCUT2D eigenvalue weighted by Gasteiger charge is 2.25. The van der Waals surface area contributed by atoms with Crippen LogP contribution in [0.1, 0.15) is 44.6 Å². The second-order valence-electron chi connectivity index (χ2n) is 8.29. The highest BCUT2D eigenvalue weighted by atomic mass is 32.1. The normalized spacial score (nSPS) is 17.8. The zero-order valence-corrected chi connectivity index (χ0v) is 21.5. The highest BCUT2D eigenvalue weighted by molar-refractivity contribution is 7.17. The van der Waals surface area contributed by atoms with Gasteiger partial charge in [-0.25, -0.2) is 19.6 Å². The first-order chi connectivity index (χ1) is 17.5. The topological polar surface area (TPSA) is 130 Å². The number of methoxy groups -OCH3 is 1. The van der Waals surface area contributed by atoms with Gasteiger partial charge < -0.3 is 25.0 Å². The van der Waals surface area contributed by atoms with E-state index in [0.717, 1.165) is 37.6 Å². The second-order valence-corrected chi connectivity index (χ2v) is 9.29. The van der Waals surface area contributed by atoms with Crippen molar-refractivity contribution in [1.29, 1.82) is 0 Å². The molecule has 0 radical (unpaired) electrons. The first-order valence-electron chi connectivity index (χ1n) is 11.9. The van der Waals surface area contributed by atoms with Crippen LogP contribution in [0.5, 0.6) is 0 Å². The molecule has 4 rings (SSSR count). The zero-order valence-electron chi connectivity index (χ0n) is 20.7. The Hall–Kier alpha value is -3.35. The van der Waals surface area contributed by atoms with Crippen molar-refractivity contribution in [3.8, 4) is 0 Å². The molecule has 0 bridgehead atoms. The van der Waals surface area contributed by atoms with Crippen LogP contribution in [-0.2, 0) is 16.0 Å². The summed E-state index contributed by atoms with van der Waals surface area (Å²) in [6.07, 6.45) is 0.442. The predicted octanol–water partition coefficient (Wildman–Crippen LogP) is 2.01. The number of hydrogen-bond donors (Lipinski definition) is 3. The number of rotatable bonds is 7. The zero-order chi connectivity index (χ0) is 25.5. The molecule has 0 amide bonds. The number of aryl methyl sites for hydroxylation is 1. The van der Waals surface area contributed by atoms with Crippen molar-refractivity contribution < 1.29 is 19.1 Å². The van der Waals surface area contributed by atoms with Crippen molar-refractivity contribution >= 4 is 40.2 Å². The minimum Gasteiger partial charge on any atom is -0.465 e. The van der Waals surface area contributed by atoms with Gasteiger partial charge in [0.15, 0.2) is 5.13 Å². The molecule has 12 heteroatoms. The van der Waals surface area contributed by atoms with Crippen LogP contribution < -0.4 is 16.0 Å². The lowest BCUT2D eigenvalue weighted by Crippen LogP contribution is -2.49. The van der Waals surface area contributed by atoms with E-state index in [-0.39, 0.29) is 18.1 Å². The van der Waals surface area contributed by atoms with Crippen molar-refractivity contribution in [2.45, 2.75) is 33.0 Å². The third-order valence-electron chi connectivity index (χ3n) is 5.76. The van der Waals surface area contributed by atoms with E-state index in [9.17, 15) is 9.59 Å². The molecule has 0 spiro atoms. The Labute approximate surface area is 214 Å². The maximum absolute atomic E-state index is 12.2. The van der Waals surface area contributed by atoms with Gasteiger partial charge in [0, 0.05) is 39.1 Å². The molecule has 0 aliphatic carbocycles. The maximum atomic E-state index is 12.2. The molecule has 3 N–H and O–H groups in total. The Morgan fingerprint density at radius 1 is 1.19 bits per heavy atom. The number of esters is 2. The van der Waals surface area contributed by atoms with Gasteiger partial charge in [0.25, 0.3) is 0 Å². The number of guanidine groups is 1. The smallest absolute Gasteiger partial charge is 0.350 e. The lowest BCUT2D eigenvalue weighted by Gasteiger charge is -2.33. The number of anilines is 1. The third kappa shape index (κ3) is 6.45. The van der Waals surface area contributed by atoms with Crippen LogP contribution in [0.3, 0.4) is 0 Å².